The highest BCUT2D eigenvalue weighted by Crippen LogP contribution is 2.28. The van der Waals surface area contributed by atoms with Crippen LogP contribution in [0.1, 0.15) is 13.8 Å². The van der Waals surface area contributed by atoms with Crippen LogP contribution in [0.3, 0.4) is 0 Å². The lowest BCUT2D eigenvalue weighted by Crippen LogP contribution is -2.26. The average Bonchev–Trinajstić information content (AvgIpc) is 2.44. The van der Waals surface area contributed by atoms with Gasteiger partial charge in [-0.1, -0.05) is 15.9 Å². The molecule has 7 heteroatoms. The van der Waals surface area contributed by atoms with Gasteiger partial charge in [0, 0.05) is 17.7 Å². The van der Waals surface area contributed by atoms with Gasteiger partial charge in [0.25, 0.3) is 0 Å². The normalized spacial score (nSPS) is 12.0. The van der Waals surface area contributed by atoms with Gasteiger partial charge in [-0.2, -0.15) is 0 Å². The monoisotopic (exact) mass is 422 g/mol. The number of amidine groups is 1. The summed E-state index contributed by atoms with van der Waals surface area (Å²) in [7, 11) is 0. The Bertz CT molecular complexity index is 464. The van der Waals surface area contributed by atoms with E-state index >= 15 is 0 Å². The maximum Gasteiger partial charge on any atom is 0.176 e. The molecule has 21 heavy (non-hydrogen) atoms. The van der Waals surface area contributed by atoms with Crippen molar-refractivity contribution in [1.82, 2.24) is 0 Å². The number of nitrogens with two attached hydrogens (primary N) is 1. The Morgan fingerprint density at radius 1 is 1.24 bits per heavy atom. The van der Waals surface area contributed by atoms with E-state index in [-0.39, 0.29) is 12.9 Å². The lowest BCUT2D eigenvalue weighted by molar-refractivity contribution is -0.128. The number of hydrogen-bond acceptors (Lipinski definition) is 4. The molecule has 0 saturated heterocycles. The molecule has 0 amide bonds. The molecule has 1 aromatic carbocycles. The minimum absolute atomic E-state index is 0.213. The van der Waals surface area contributed by atoms with Crippen molar-refractivity contribution in [3.05, 3.63) is 27.1 Å². The lowest BCUT2D eigenvalue weighted by Gasteiger charge is -2.15. The molecule has 0 aliphatic rings. The maximum absolute atomic E-state index is 5.83. The second-order valence-corrected chi connectivity index (χ2v) is 5.81. The summed E-state index contributed by atoms with van der Waals surface area (Å²) in [6.45, 7) is 5.54. The summed E-state index contributed by atoms with van der Waals surface area (Å²) in [4.78, 5) is 4.22. The summed E-state index contributed by atoms with van der Waals surface area (Å²) in [5.74, 6) is 1.11. The van der Waals surface area contributed by atoms with Crippen LogP contribution in [0, 0.1) is 0 Å². The standard InChI is InChI=1S/C14H20Br2N2O3/c1-3-19-14(20-4-2)8-18-13(17)9-21-12-6-5-10(15)7-11(12)16/h5-7,14H,3-4,8-9H2,1-2H3,(H2,17,18). The summed E-state index contributed by atoms with van der Waals surface area (Å²) in [6.07, 6.45) is -0.363. The maximum atomic E-state index is 5.83. The third kappa shape index (κ3) is 7.26. The van der Waals surface area contributed by atoms with Crippen LogP contribution in [0.2, 0.25) is 0 Å². The zero-order chi connectivity index (χ0) is 15.7. The van der Waals surface area contributed by atoms with E-state index in [0.717, 1.165) is 8.95 Å². The van der Waals surface area contributed by atoms with Gasteiger partial charge in [0.1, 0.15) is 18.2 Å². The first-order valence-corrected chi connectivity index (χ1v) is 8.25. The quantitative estimate of drug-likeness (QED) is 0.375. The van der Waals surface area contributed by atoms with Crippen molar-refractivity contribution < 1.29 is 14.2 Å². The van der Waals surface area contributed by atoms with Crippen molar-refractivity contribution in [3.63, 3.8) is 0 Å². The van der Waals surface area contributed by atoms with Crippen molar-refractivity contribution in [2.75, 3.05) is 26.4 Å². The molecule has 118 valence electrons. The molecule has 0 fully saturated rings. The van der Waals surface area contributed by atoms with Crippen LogP contribution in [0.4, 0.5) is 0 Å². The first kappa shape index (κ1) is 18.4. The summed E-state index contributed by atoms with van der Waals surface area (Å²) in [6, 6.07) is 5.65. The van der Waals surface area contributed by atoms with Crippen molar-refractivity contribution in [2.24, 2.45) is 10.7 Å². The molecule has 0 radical (unpaired) electrons. The minimum atomic E-state index is -0.363. The van der Waals surface area contributed by atoms with Crippen molar-refractivity contribution in [2.45, 2.75) is 20.1 Å². The fourth-order valence-electron chi connectivity index (χ4n) is 1.51. The predicted molar refractivity (Wildman–Crippen MR) is 90.9 cm³/mol. The molecule has 0 bridgehead atoms. The first-order valence-electron chi connectivity index (χ1n) is 6.66. The summed E-state index contributed by atoms with van der Waals surface area (Å²) in [5, 5.41) is 0. The van der Waals surface area contributed by atoms with Gasteiger partial charge in [0.15, 0.2) is 6.29 Å². The van der Waals surface area contributed by atoms with Gasteiger partial charge in [-0.05, 0) is 48.0 Å². The second-order valence-electron chi connectivity index (χ2n) is 4.04. The molecule has 0 aliphatic carbocycles. The Morgan fingerprint density at radius 3 is 2.48 bits per heavy atom. The van der Waals surface area contributed by atoms with Gasteiger partial charge >= 0.3 is 0 Å². The molecular formula is C14H20Br2N2O3. The van der Waals surface area contributed by atoms with Crippen LogP contribution in [0.25, 0.3) is 0 Å². The lowest BCUT2D eigenvalue weighted by atomic mass is 10.3. The number of ether oxygens (including phenoxy) is 3. The molecule has 0 saturated carbocycles. The SMILES string of the molecule is CCOC(CN=C(N)COc1ccc(Br)cc1Br)OCC. The fourth-order valence-corrected chi connectivity index (χ4v) is 2.67. The molecule has 0 unspecified atom stereocenters. The molecule has 1 rings (SSSR count). The Morgan fingerprint density at radius 2 is 1.90 bits per heavy atom. The topological polar surface area (TPSA) is 66.1 Å². The molecule has 0 spiro atoms. The van der Waals surface area contributed by atoms with Crippen LogP contribution < -0.4 is 10.5 Å². The molecule has 0 aliphatic heterocycles. The van der Waals surface area contributed by atoms with Crippen LogP contribution in [0.15, 0.2) is 32.1 Å². The fraction of sp³-hybridized carbons (Fsp3) is 0.500. The van der Waals surface area contributed by atoms with E-state index in [4.69, 9.17) is 19.9 Å². The van der Waals surface area contributed by atoms with Crippen molar-refractivity contribution in [1.29, 1.82) is 0 Å². The number of halogens is 2. The number of nitrogens with zero attached hydrogens (tertiary/aromatic N) is 1. The van der Waals surface area contributed by atoms with Crippen LogP contribution >= 0.6 is 31.9 Å². The molecule has 2 N–H and O–H groups in total. The zero-order valence-corrected chi connectivity index (χ0v) is 15.3. The third-order valence-electron chi connectivity index (χ3n) is 2.42. The first-order chi connectivity index (χ1) is 10.1. The van der Waals surface area contributed by atoms with E-state index in [9.17, 15) is 0 Å². The highest BCUT2D eigenvalue weighted by molar-refractivity contribution is 9.11. The molecule has 0 aromatic heterocycles. The predicted octanol–water partition coefficient (Wildman–Crippen LogP) is 3.35. The Kier molecular flexibility index (Phi) is 8.91. The van der Waals surface area contributed by atoms with Gasteiger partial charge < -0.3 is 19.9 Å². The zero-order valence-electron chi connectivity index (χ0n) is 12.1. The number of benzene rings is 1. The number of rotatable bonds is 9. The van der Waals surface area contributed by atoms with Gasteiger partial charge in [0.05, 0.1) is 11.0 Å². The van der Waals surface area contributed by atoms with Crippen LogP contribution in [-0.4, -0.2) is 38.5 Å². The molecule has 1 aromatic rings. The van der Waals surface area contributed by atoms with Gasteiger partial charge in [-0.15, -0.1) is 0 Å². The van der Waals surface area contributed by atoms with Gasteiger partial charge in [-0.3, -0.25) is 4.99 Å². The summed E-state index contributed by atoms with van der Waals surface area (Å²) in [5.41, 5.74) is 5.83. The number of aliphatic imine (C=N–C) groups is 1. The minimum Gasteiger partial charge on any atom is -0.485 e. The third-order valence-corrected chi connectivity index (χ3v) is 3.53. The van der Waals surface area contributed by atoms with E-state index in [1.807, 2.05) is 32.0 Å². The van der Waals surface area contributed by atoms with E-state index in [0.29, 0.717) is 31.3 Å². The van der Waals surface area contributed by atoms with E-state index < -0.39 is 0 Å². The van der Waals surface area contributed by atoms with Crippen LogP contribution in [0.5, 0.6) is 5.75 Å². The Labute approximate surface area is 142 Å². The smallest absolute Gasteiger partial charge is 0.176 e. The molecule has 5 nitrogen and oxygen atoms in total. The largest absolute Gasteiger partial charge is 0.485 e. The van der Waals surface area contributed by atoms with E-state index in [1.165, 1.54) is 0 Å². The van der Waals surface area contributed by atoms with Crippen molar-refractivity contribution in [3.8, 4) is 5.75 Å². The average molecular weight is 424 g/mol. The summed E-state index contributed by atoms with van der Waals surface area (Å²) >= 11 is 6.81. The van der Waals surface area contributed by atoms with E-state index in [2.05, 4.69) is 36.9 Å². The number of hydrogen-bond donors (Lipinski definition) is 1. The highest BCUT2D eigenvalue weighted by atomic mass is 79.9. The van der Waals surface area contributed by atoms with Crippen molar-refractivity contribution >= 4 is 37.7 Å². The van der Waals surface area contributed by atoms with E-state index in [1.54, 1.807) is 0 Å². The highest BCUT2D eigenvalue weighted by Gasteiger charge is 2.07. The molecule has 0 heterocycles. The second kappa shape index (κ2) is 10.2. The molecular weight excluding hydrogens is 404 g/mol. The van der Waals surface area contributed by atoms with Crippen LogP contribution in [-0.2, 0) is 9.47 Å². The van der Waals surface area contributed by atoms with Gasteiger partial charge in [0.2, 0.25) is 0 Å². The molecule has 0 atom stereocenters. The summed E-state index contributed by atoms with van der Waals surface area (Å²) < 4.78 is 18.2. The van der Waals surface area contributed by atoms with Gasteiger partial charge in [-0.25, -0.2) is 0 Å². The Hall–Kier alpha value is -0.630. The Balaban J connectivity index is 2.48.